The second-order valence-electron chi connectivity index (χ2n) is 4.09. The number of halogens is 1. The molecule has 1 aromatic rings. The molecular formula is C11H16ClN3O. The zero-order valence-electron chi connectivity index (χ0n) is 9.16. The number of hydrogen-bond donors (Lipinski definition) is 1. The topological polar surface area (TPSA) is 49.0 Å². The second-order valence-corrected chi connectivity index (χ2v) is 4.47. The zero-order chi connectivity index (χ0) is 11.4. The number of amides is 1. The van der Waals surface area contributed by atoms with E-state index < -0.39 is 0 Å². The lowest BCUT2D eigenvalue weighted by Gasteiger charge is -2.31. The van der Waals surface area contributed by atoms with E-state index in [0.717, 1.165) is 31.8 Å². The molecule has 1 aliphatic heterocycles. The summed E-state index contributed by atoms with van der Waals surface area (Å²) in [6.07, 6.45) is 6.16. The summed E-state index contributed by atoms with van der Waals surface area (Å²) in [7, 11) is 0. The lowest BCUT2D eigenvalue weighted by Crippen LogP contribution is -2.39. The van der Waals surface area contributed by atoms with Gasteiger partial charge in [-0.2, -0.15) is 0 Å². The lowest BCUT2D eigenvalue weighted by molar-refractivity contribution is -0.132. The molecule has 1 unspecified atom stereocenters. The molecule has 0 aromatic carbocycles. The Morgan fingerprint density at radius 3 is 3.25 bits per heavy atom. The summed E-state index contributed by atoms with van der Waals surface area (Å²) in [6.45, 7) is 1.62. The third-order valence-corrected chi connectivity index (χ3v) is 3.18. The van der Waals surface area contributed by atoms with Gasteiger partial charge in [-0.15, -0.1) is 11.6 Å². The van der Waals surface area contributed by atoms with Crippen molar-refractivity contribution in [3.05, 3.63) is 18.2 Å². The fourth-order valence-electron chi connectivity index (χ4n) is 2.17. The predicted octanol–water partition coefficient (Wildman–Crippen LogP) is 1.74. The third kappa shape index (κ3) is 2.55. The number of nitrogens with zero attached hydrogens (tertiary/aromatic N) is 2. The van der Waals surface area contributed by atoms with Crippen molar-refractivity contribution in [1.82, 2.24) is 14.9 Å². The van der Waals surface area contributed by atoms with Crippen LogP contribution in [-0.2, 0) is 4.79 Å². The highest BCUT2D eigenvalue weighted by atomic mass is 35.5. The standard InChI is InChI=1S/C11H16ClN3O/c12-4-3-10(16)15-7-1-2-9(8-15)11-13-5-6-14-11/h5-6,9H,1-4,7-8H2,(H,13,14). The summed E-state index contributed by atoms with van der Waals surface area (Å²) in [5.74, 6) is 1.90. The van der Waals surface area contributed by atoms with E-state index in [1.165, 1.54) is 0 Å². The van der Waals surface area contributed by atoms with Gasteiger partial charge in [0.05, 0.1) is 0 Å². The van der Waals surface area contributed by atoms with Crippen molar-refractivity contribution in [2.75, 3.05) is 19.0 Å². The Bertz CT molecular complexity index is 339. The van der Waals surface area contributed by atoms with E-state index in [2.05, 4.69) is 9.97 Å². The van der Waals surface area contributed by atoms with Gasteiger partial charge in [0.15, 0.2) is 0 Å². The van der Waals surface area contributed by atoms with Gasteiger partial charge in [-0.1, -0.05) is 0 Å². The number of rotatable bonds is 3. The van der Waals surface area contributed by atoms with Crippen molar-refractivity contribution in [3.8, 4) is 0 Å². The van der Waals surface area contributed by atoms with Gasteiger partial charge >= 0.3 is 0 Å². The number of likely N-dealkylation sites (tertiary alicyclic amines) is 1. The number of aromatic amines is 1. The predicted molar refractivity (Wildman–Crippen MR) is 62.5 cm³/mol. The van der Waals surface area contributed by atoms with Crippen molar-refractivity contribution in [2.24, 2.45) is 0 Å². The van der Waals surface area contributed by atoms with Crippen LogP contribution < -0.4 is 0 Å². The van der Waals surface area contributed by atoms with Crippen molar-refractivity contribution in [3.63, 3.8) is 0 Å². The number of H-pyrrole nitrogens is 1. The third-order valence-electron chi connectivity index (χ3n) is 2.99. The molecule has 1 N–H and O–H groups in total. The molecule has 1 amide bonds. The summed E-state index contributed by atoms with van der Waals surface area (Å²) < 4.78 is 0. The molecule has 2 heterocycles. The highest BCUT2D eigenvalue weighted by molar-refractivity contribution is 6.18. The molecule has 0 spiro atoms. The summed E-state index contributed by atoms with van der Waals surface area (Å²) >= 11 is 5.59. The molecular weight excluding hydrogens is 226 g/mol. The first-order valence-corrected chi connectivity index (χ1v) is 6.17. The van der Waals surface area contributed by atoms with Crippen LogP contribution >= 0.6 is 11.6 Å². The molecule has 88 valence electrons. The molecule has 1 atom stereocenters. The minimum Gasteiger partial charge on any atom is -0.348 e. The molecule has 5 heteroatoms. The molecule has 16 heavy (non-hydrogen) atoms. The molecule has 0 bridgehead atoms. The number of carbonyl (C=O) groups is 1. The van der Waals surface area contributed by atoms with Gasteiger partial charge in [-0.3, -0.25) is 4.79 Å². The van der Waals surface area contributed by atoms with Crippen LogP contribution in [0.3, 0.4) is 0 Å². The average molecular weight is 242 g/mol. The van der Waals surface area contributed by atoms with Crippen LogP contribution in [0.5, 0.6) is 0 Å². The minimum atomic E-state index is 0.159. The number of alkyl halides is 1. The Kier molecular flexibility index (Phi) is 3.83. The first-order chi connectivity index (χ1) is 7.81. The minimum absolute atomic E-state index is 0.159. The van der Waals surface area contributed by atoms with E-state index in [0.29, 0.717) is 18.2 Å². The van der Waals surface area contributed by atoms with Crippen LogP contribution in [0, 0.1) is 0 Å². The maximum atomic E-state index is 11.7. The molecule has 0 radical (unpaired) electrons. The second kappa shape index (κ2) is 5.34. The molecule has 0 saturated carbocycles. The van der Waals surface area contributed by atoms with E-state index in [1.807, 2.05) is 11.1 Å². The van der Waals surface area contributed by atoms with E-state index in [1.54, 1.807) is 6.20 Å². The highest BCUT2D eigenvalue weighted by Gasteiger charge is 2.25. The first kappa shape index (κ1) is 11.5. The molecule has 0 aliphatic carbocycles. The van der Waals surface area contributed by atoms with Crippen molar-refractivity contribution < 1.29 is 4.79 Å². The Morgan fingerprint density at radius 1 is 1.69 bits per heavy atom. The van der Waals surface area contributed by atoms with Gasteiger partial charge < -0.3 is 9.88 Å². The van der Waals surface area contributed by atoms with Crippen LogP contribution in [0.25, 0.3) is 0 Å². The molecule has 2 rings (SSSR count). The smallest absolute Gasteiger partial charge is 0.223 e. The van der Waals surface area contributed by atoms with E-state index in [9.17, 15) is 4.79 Å². The normalized spacial score (nSPS) is 21.1. The summed E-state index contributed by atoms with van der Waals surface area (Å²) in [6, 6.07) is 0. The summed E-state index contributed by atoms with van der Waals surface area (Å²) in [5.41, 5.74) is 0. The SMILES string of the molecule is O=C(CCCl)N1CCCC(c2ncc[nH]2)C1. The molecule has 4 nitrogen and oxygen atoms in total. The maximum absolute atomic E-state index is 11.7. The van der Waals surface area contributed by atoms with E-state index >= 15 is 0 Å². The number of nitrogens with one attached hydrogen (secondary N) is 1. The first-order valence-electron chi connectivity index (χ1n) is 5.64. The zero-order valence-corrected chi connectivity index (χ0v) is 9.91. The van der Waals surface area contributed by atoms with Crippen molar-refractivity contribution in [2.45, 2.75) is 25.2 Å². The van der Waals surface area contributed by atoms with Crippen LogP contribution in [0.4, 0.5) is 0 Å². The van der Waals surface area contributed by atoms with Crippen LogP contribution in [0.15, 0.2) is 12.4 Å². The lowest BCUT2D eigenvalue weighted by atomic mass is 9.97. The van der Waals surface area contributed by atoms with E-state index in [4.69, 9.17) is 11.6 Å². The number of carbonyl (C=O) groups excluding carboxylic acids is 1. The van der Waals surface area contributed by atoms with Crippen LogP contribution in [0.2, 0.25) is 0 Å². The van der Waals surface area contributed by atoms with Gasteiger partial charge in [-0.05, 0) is 12.8 Å². The number of imidazole rings is 1. The van der Waals surface area contributed by atoms with Gasteiger partial charge in [0.25, 0.3) is 0 Å². The average Bonchev–Trinajstić information content (AvgIpc) is 2.83. The number of aromatic nitrogens is 2. The molecule has 1 saturated heterocycles. The van der Waals surface area contributed by atoms with Gasteiger partial charge in [0.2, 0.25) is 5.91 Å². The number of hydrogen-bond acceptors (Lipinski definition) is 2. The Labute approximate surface area is 100.0 Å². The molecule has 1 aliphatic rings. The monoisotopic (exact) mass is 241 g/mol. The van der Waals surface area contributed by atoms with Gasteiger partial charge in [0, 0.05) is 43.7 Å². The quantitative estimate of drug-likeness (QED) is 0.820. The largest absolute Gasteiger partial charge is 0.348 e. The van der Waals surface area contributed by atoms with Crippen LogP contribution in [-0.4, -0.2) is 39.7 Å². The van der Waals surface area contributed by atoms with Crippen LogP contribution in [0.1, 0.15) is 31.0 Å². The fraction of sp³-hybridized carbons (Fsp3) is 0.636. The highest BCUT2D eigenvalue weighted by Crippen LogP contribution is 2.24. The Morgan fingerprint density at radius 2 is 2.56 bits per heavy atom. The Balaban J connectivity index is 1.96. The van der Waals surface area contributed by atoms with Gasteiger partial charge in [-0.25, -0.2) is 4.98 Å². The van der Waals surface area contributed by atoms with Crippen molar-refractivity contribution in [1.29, 1.82) is 0 Å². The summed E-state index contributed by atoms with van der Waals surface area (Å²) in [4.78, 5) is 21.0. The summed E-state index contributed by atoms with van der Waals surface area (Å²) in [5, 5.41) is 0. The number of piperidine rings is 1. The van der Waals surface area contributed by atoms with Gasteiger partial charge in [0.1, 0.15) is 5.82 Å². The fourth-order valence-corrected chi connectivity index (χ4v) is 2.33. The van der Waals surface area contributed by atoms with E-state index in [-0.39, 0.29) is 5.91 Å². The molecule has 1 aromatic heterocycles. The molecule has 1 fully saturated rings. The maximum Gasteiger partial charge on any atom is 0.223 e. The van der Waals surface area contributed by atoms with Crippen molar-refractivity contribution >= 4 is 17.5 Å². The Hall–Kier alpha value is -1.03.